The lowest BCUT2D eigenvalue weighted by molar-refractivity contribution is 0.770. The first kappa shape index (κ1) is 10.9. The molecule has 0 bridgehead atoms. The first-order valence-electron chi connectivity index (χ1n) is 5.78. The minimum atomic E-state index is -0.900. The van der Waals surface area contributed by atoms with Crippen molar-refractivity contribution in [1.29, 1.82) is 0 Å². The molecule has 1 aliphatic rings. The molecule has 0 radical (unpaired) electrons. The van der Waals surface area contributed by atoms with Crippen LogP contribution in [0.2, 0.25) is 17.6 Å². The van der Waals surface area contributed by atoms with E-state index in [0.29, 0.717) is 5.04 Å². The van der Waals surface area contributed by atoms with Gasteiger partial charge >= 0.3 is 0 Å². The Bertz CT molecular complexity index is 334. The first-order chi connectivity index (χ1) is 7.04. The Balaban J connectivity index is 1.77. The molecule has 1 heterocycles. The molecular weight excluding hydrogens is 198 g/mol. The van der Waals surface area contributed by atoms with Gasteiger partial charge in [-0.3, -0.25) is 0 Å². The largest absolute Gasteiger partial charge is 0.315 e. The predicted octanol–water partition coefficient (Wildman–Crippen LogP) is 3.19. The molecule has 15 heavy (non-hydrogen) atoms. The van der Waals surface area contributed by atoms with Gasteiger partial charge in [-0.2, -0.15) is 0 Å². The lowest BCUT2D eigenvalue weighted by Gasteiger charge is -2.13. The van der Waals surface area contributed by atoms with E-state index in [-0.39, 0.29) is 0 Å². The molecule has 1 aromatic carbocycles. The second kappa shape index (κ2) is 3.76. The first-order valence-corrected chi connectivity index (χ1v) is 8.70. The van der Waals surface area contributed by atoms with E-state index in [1.807, 2.05) is 0 Å². The minimum Gasteiger partial charge on any atom is -0.315 e. The molecule has 1 N–H and O–H groups in total. The highest BCUT2D eigenvalue weighted by molar-refractivity contribution is 6.92. The standard InChI is InChI=1S/C13H21NSi/c1-13(2)10-15(13,3)11-14-9-12-7-5-4-6-8-12/h4-8,14H,9-11H2,1-3H3. The zero-order chi connectivity index (χ0) is 10.9. The van der Waals surface area contributed by atoms with Crippen molar-refractivity contribution >= 4 is 8.07 Å². The van der Waals surface area contributed by atoms with Gasteiger partial charge < -0.3 is 5.32 Å². The van der Waals surface area contributed by atoms with Gasteiger partial charge in [-0.15, -0.1) is 0 Å². The highest BCUT2D eigenvalue weighted by Gasteiger charge is 2.58. The second-order valence-electron chi connectivity index (χ2n) is 5.71. The predicted molar refractivity (Wildman–Crippen MR) is 68.6 cm³/mol. The molecule has 82 valence electrons. The summed E-state index contributed by atoms with van der Waals surface area (Å²) < 4.78 is 0. The number of hydrogen-bond acceptors (Lipinski definition) is 1. The average Bonchev–Trinajstić information content (AvgIpc) is 2.67. The van der Waals surface area contributed by atoms with E-state index in [1.165, 1.54) is 17.8 Å². The quantitative estimate of drug-likeness (QED) is 0.767. The van der Waals surface area contributed by atoms with Crippen LogP contribution >= 0.6 is 0 Å². The normalized spacial score (nSPS) is 27.7. The van der Waals surface area contributed by atoms with Crippen LogP contribution in [0.4, 0.5) is 0 Å². The van der Waals surface area contributed by atoms with E-state index < -0.39 is 8.07 Å². The van der Waals surface area contributed by atoms with Crippen LogP contribution in [0.1, 0.15) is 19.4 Å². The Kier molecular flexibility index (Phi) is 2.73. The van der Waals surface area contributed by atoms with Crippen LogP contribution < -0.4 is 5.32 Å². The summed E-state index contributed by atoms with van der Waals surface area (Å²) in [7, 11) is -0.900. The number of nitrogens with one attached hydrogen (secondary N) is 1. The molecule has 0 aromatic heterocycles. The lowest BCUT2D eigenvalue weighted by atomic mass is 10.2. The van der Waals surface area contributed by atoms with Crippen LogP contribution in [0.5, 0.6) is 0 Å². The third-order valence-electron chi connectivity index (χ3n) is 4.03. The maximum Gasteiger partial charge on any atom is 0.0712 e. The molecule has 0 saturated carbocycles. The molecule has 1 aromatic rings. The van der Waals surface area contributed by atoms with E-state index in [0.717, 1.165) is 6.54 Å². The molecule has 1 nitrogen and oxygen atoms in total. The Morgan fingerprint density at radius 1 is 1.27 bits per heavy atom. The van der Waals surface area contributed by atoms with E-state index in [9.17, 15) is 0 Å². The number of rotatable bonds is 4. The van der Waals surface area contributed by atoms with Gasteiger partial charge in [0.2, 0.25) is 0 Å². The van der Waals surface area contributed by atoms with Gasteiger partial charge in [-0.25, -0.2) is 0 Å². The van der Waals surface area contributed by atoms with Crippen molar-refractivity contribution in [2.45, 2.75) is 38.0 Å². The van der Waals surface area contributed by atoms with Crippen molar-refractivity contribution in [1.82, 2.24) is 5.32 Å². The smallest absolute Gasteiger partial charge is 0.0712 e. The fraction of sp³-hybridized carbons (Fsp3) is 0.538. The van der Waals surface area contributed by atoms with Crippen LogP contribution in [-0.2, 0) is 6.54 Å². The molecule has 1 saturated heterocycles. The van der Waals surface area contributed by atoms with Crippen LogP contribution in [0.3, 0.4) is 0 Å². The van der Waals surface area contributed by atoms with Crippen molar-refractivity contribution in [3.05, 3.63) is 35.9 Å². The third kappa shape index (κ3) is 2.32. The maximum atomic E-state index is 3.62. The molecule has 1 fully saturated rings. The number of hydrogen-bond donors (Lipinski definition) is 1. The van der Waals surface area contributed by atoms with Crippen LogP contribution in [-0.4, -0.2) is 14.2 Å². The zero-order valence-corrected chi connectivity index (χ0v) is 11.0. The summed E-state index contributed by atoms with van der Waals surface area (Å²) in [5, 5.41) is 4.30. The zero-order valence-electron chi connectivity index (χ0n) is 10.0. The summed E-state index contributed by atoms with van der Waals surface area (Å²) in [6.07, 6.45) is 1.27. The van der Waals surface area contributed by atoms with Crippen LogP contribution in [0.15, 0.2) is 30.3 Å². The molecule has 0 spiro atoms. The maximum absolute atomic E-state index is 3.62. The monoisotopic (exact) mass is 219 g/mol. The van der Waals surface area contributed by atoms with E-state index >= 15 is 0 Å². The van der Waals surface area contributed by atoms with Crippen molar-refractivity contribution < 1.29 is 0 Å². The number of benzene rings is 1. The summed E-state index contributed by atoms with van der Waals surface area (Å²) in [5.74, 6) is 0. The SMILES string of the molecule is CC1(C)C[Si]1(C)CNCc1ccccc1. The molecule has 1 unspecified atom stereocenters. The van der Waals surface area contributed by atoms with Gasteiger partial charge in [0.05, 0.1) is 8.07 Å². The van der Waals surface area contributed by atoms with Gasteiger partial charge in [0.1, 0.15) is 0 Å². The van der Waals surface area contributed by atoms with Gasteiger partial charge in [-0.05, 0) is 16.8 Å². The molecular formula is C13H21NSi. The van der Waals surface area contributed by atoms with Gasteiger partial charge in [-0.1, -0.05) is 56.8 Å². The highest BCUT2D eigenvalue weighted by Crippen LogP contribution is 2.61. The third-order valence-corrected chi connectivity index (χ3v) is 9.74. The molecule has 1 aliphatic heterocycles. The van der Waals surface area contributed by atoms with E-state index in [1.54, 1.807) is 0 Å². The van der Waals surface area contributed by atoms with Gasteiger partial charge in [0.25, 0.3) is 0 Å². The van der Waals surface area contributed by atoms with Crippen LogP contribution in [0, 0.1) is 0 Å². The van der Waals surface area contributed by atoms with Crippen molar-refractivity contribution in [2.75, 3.05) is 6.17 Å². The van der Waals surface area contributed by atoms with E-state index in [4.69, 9.17) is 0 Å². The molecule has 2 rings (SSSR count). The molecule has 2 heteroatoms. The fourth-order valence-corrected chi connectivity index (χ4v) is 6.36. The summed E-state index contributed by atoms with van der Waals surface area (Å²) in [4.78, 5) is 0. The Hall–Kier alpha value is -0.603. The Morgan fingerprint density at radius 3 is 2.40 bits per heavy atom. The highest BCUT2D eigenvalue weighted by atomic mass is 28.3. The Labute approximate surface area is 93.9 Å². The molecule has 0 aliphatic carbocycles. The molecule has 1 atom stereocenters. The minimum absolute atomic E-state index is 0.677. The van der Waals surface area contributed by atoms with Gasteiger partial charge in [0.15, 0.2) is 0 Å². The molecule has 0 amide bonds. The average molecular weight is 219 g/mol. The summed E-state index contributed by atoms with van der Waals surface area (Å²) in [6.45, 7) is 8.39. The van der Waals surface area contributed by atoms with E-state index in [2.05, 4.69) is 56.0 Å². The lowest BCUT2D eigenvalue weighted by Crippen LogP contribution is -2.32. The topological polar surface area (TPSA) is 12.0 Å². The second-order valence-corrected chi connectivity index (χ2v) is 10.9. The van der Waals surface area contributed by atoms with Crippen molar-refractivity contribution in [3.8, 4) is 0 Å². The van der Waals surface area contributed by atoms with Crippen LogP contribution in [0.25, 0.3) is 0 Å². The summed E-state index contributed by atoms with van der Waals surface area (Å²) in [6, 6.07) is 12.2. The van der Waals surface area contributed by atoms with Crippen molar-refractivity contribution in [2.24, 2.45) is 0 Å². The van der Waals surface area contributed by atoms with Gasteiger partial charge in [0, 0.05) is 6.54 Å². The summed E-state index contributed by atoms with van der Waals surface area (Å²) in [5.41, 5.74) is 1.40. The van der Waals surface area contributed by atoms with Crippen molar-refractivity contribution in [3.63, 3.8) is 0 Å². The Morgan fingerprint density at radius 2 is 1.87 bits per heavy atom. The summed E-state index contributed by atoms with van der Waals surface area (Å²) >= 11 is 0. The fourth-order valence-electron chi connectivity index (χ4n) is 2.31.